The van der Waals surface area contributed by atoms with Crippen LogP contribution < -0.4 is 5.73 Å². The predicted molar refractivity (Wildman–Crippen MR) is 76.4 cm³/mol. The van der Waals surface area contributed by atoms with Gasteiger partial charge in [-0.05, 0) is 32.4 Å². The summed E-state index contributed by atoms with van der Waals surface area (Å²) in [6.45, 7) is 6.26. The molecule has 1 aromatic heterocycles. The second-order valence-electron chi connectivity index (χ2n) is 4.99. The highest BCUT2D eigenvalue weighted by molar-refractivity contribution is 5.71. The van der Waals surface area contributed by atoms with E-state index < -0.39 is 0 Å². The topological polar surface area (TPSA) is 43.8 Å². The fraction of sp³-hybridized carbons (Fsp3) is 0.400. The summed E-state index contributed by atoms with van der Waals surface area (Å²) in [4.78, 5) is 4.60. The number of nitrogen functional groups attached to an aromatic ring is 1. The Morgan fingerprint density at radius 2 is 2.11 bits per heavy atom. The summed E-state index contributed by atoms with van der Waals surface area (Å²) in [5.74, 6) is 1.31. The van der Waals surface area contributed by atoms with E-state index >= 15 is 0 Å². The number of rotatable bonds is 4. The highest BCUT2D eigenvalue weighted by atomic mass is 19.1. The average Bonchev–Trinajstić information content (AvgIpc) is 2.67. The third kappa shape index (κ3) is 2.62. The first kappa shape index (κ1) is 13.6. The number of imidazole rings is 1. The number of nitrogens with two attached hydrogens (primary N) is 1. The van der Waals surface area contributed by atoms with Crippen molar-refractivity contribution in [1.29, 1.82) is 0 Å². The molecule has 1 heterocycles. The summed E-state index contributed by atoms with van der Waals surface area (Å²) < 4.78 is 15.4. The number of hydrogen-bond acceptors (Lipinski definition) is 2. The summed E-state index contributed by atoms with van der Waals surface area (Å²) in [5, 5.41) is 0. The molecule has 102 valence electrons. The standard InChI is InChI=1S/C15H20FN3/c1-4-6-13-18-14(15(17)19(13)10(2)3)11-7-5-8-12(16)9-11/h5,7-10H,4,6,17H2,1-3H3. The fourth-order valence-corrected chi connectivity index (χ4v) is 2.32. The molecule has 3 nitrogen and oxygen atoms in total. The summed E-state index contributed by atoms with van der Waals surface area (Å²) >= 11 is 0. The largest absolute Gasteiger partial charge is 0.383 e. The molecule has 0 aliphatic rings. The second-order valence-corrected chi connectivity index (χ2v) is 4.99. The molecule has 2 aromatic rings. The Morgan fingerprint density at radius 1 is 1.37 bits per heavy atom. The van der Waals surface area contributed by atoms with E-state index in [1.165, 1.54) is 12.1 Å². The number of aryl methyl sites for hydroxylation is 1. The molecule has 0 unspecified atom stereocenters. The van der Waals surface area contributed by atoms with E-state index in [9.17, 15) is 4.39 Å². The second kappa shape index (κ2) is 5.43. The average molecular weight is 261 g/mol. The van der Waals surface area contributed by atoms with Gasteiger partial charge in [0.1, 0.15) is 23.2 Å². The monoisotopic (exact) mass is 261 g/mol. The van der Waals surface area contributed by atoms with Crippen molar-refractivity contribution in [2.45, 2.75) is 39.7 Å². The maximum Gasteiger partial charge on any atom is 0.131 e. The lowest BCUT2D eigenvalue weighted by molar-refractivity contribution is 0.571. The molecule has 19 heavy (non-hydrogen) atoms. The zero-order chi connectivity index (χ0) is 14.0. The minimum atomic E-state index is -0.270. The first-order valence-corrected chi connectivity index (χ1v) is 6.67. The zero-order valence-electron chi connectivity index (χ0n) is 11.7. The van der Waals surface area contributed by atoms with Gasteiger partial charge in [-0.3, -0.25) is 0 Å². The van der Waals surface area contributed by atoms with Crippen molar-refractivity contribution < 1.29 is 4.39 Å². The van der Waals surface area contributed by atoms with E-state index in [-0.39, 0.29) is 11.9 Å². The smallest absolute Gasteiger partial charge is 0.131 e. The number of benzene rings is 1. The Balaban J connectivity index is 2.55. The molecule has 0 saturated carbocycles. The molecule has 0 aliphatic carbocycles. The van der Waals surface area contributed by atoms with Gasteiger partial charge in [0.15, 0.2) is 0 Å². The Bertz CT molecular complexity index is 573. The van der Waals surface area contributed by atoms with Crippen LogP contribution in [0.25, 0.3) is 11.3 Å². The van der Waals surface area contributed by atoms with Gasteiger partial charge in [-0.1, -0.05) is 19.1 Å². The molecular weight excluding hydrogens is 241 g/mol. The lowest BCUT2D eigenvalue weighted by Crippen LogP contribution is -2.09. The van der Waals surface area contributed by atoms with Gasteiger partial charge in [0.05, 0.1) is 0 Å². The molecule has 1 aromatic carbocycles. The van der Waals surface area contributed by atoms with Crippen LogP contribution in [-0.2, 0) is 6.42 Å². The van der Waals surface area contributed by atoms with Gasteiger partial charge in [0.2, 0.25) is 0 Å². The zero-order valence-corrected chi connectivity index (χ0v) is 11.7. The van der Waals surface area contributed by atoms with Gasteiger partial charge < -0.3 is 10.3 Å². The number of hydrogen-bond donors (Lipinski definition) is 1. The molecule has 0 fully saturated rings. The van der Waals surface area contributed by atoms with Gasteiger partial charge in [0.25, 0.3) is 0 Å². The van der Waals surface area contributed by atoms with Crippen LogP contribution in [0.2, 0.25) is 0 Å². The lowest BCUT2D eigenvalue weighted by atomic mass is 10.1. The van der Waals surface area contributed by atoms with Crippen molar-refractivity contribution in [2.24, 2.45) is 0 Å². The quantitative estimate of drug-likeness (QED) is 0.909. The molecular formula is C15H20FN3. The van der Waals surface area contributed by atoms with Gasteiger partial charge in [-0.15, -0.1) is 0 Å². The maximum absolute atomic E-state index is 13.3. The molecule has 0 saturated heterocycles. The van der Waals surface area contributed by atoms with Crippen LogP contribution in [0.15, 0.2) is 24.3 Å². The first-order valence-electron chi connectivity index (χ1n) is 6.67. The Morgan fingerprint density at radius 3 is 2.68 bits per heavy atom. The summed E-state index contributed by atoms with van der Waals surface area (Å²) in [7, 11) is 0. The number of anilines is 1. The van der Waals surface area contributed by atoms with Crippen LogP contribution in [0.1, 0.15) is 39.1 Å². The van der Waals surface area contributed by atoms with Crippen molar-refractivity contribution in [3.8, 4) is 11.3 Å². The van der Waals surface area contributed by atoms with E-state index in [4.69, 9.17) is 5.73 Å². The molecule has 0 aliphatic heterocycles. The van der Waals surface area contributed by atoms with Crippen LogP contribution >= 0.6 is 0 Å². The lowest BCUT2D eigenvalue weighted by Gasteiger charge is -2.13. The molecule has 0 atom stereocenters. The summed E-state index contributed by atoms with van der Waals surface area (Å²) in [6.07, 6.45) is 1.88. The van der Waals surface area contributed by atoms with Crippen LogP contribution in [0.5, 0.6) is 0 Å². The fourth-order valence-electron chi connectivity index (χ4n) is 2.32. The van der Waals surface area contributed by atoms with Gasteiger partial charge >= 0.3 is 0 Å². The molecule has 2 rings (SSSR count). The van der Waals surface area contributed by atoms with Crippen LogP contribution in [0.3, 0.4) is 0 Å². The molecule has 0 amide bonds. The van der Waals surface area contributed by atoms with Crippen molar-refractivity contribution >= 4 is 5.82 Å². The highest BCUT2D eigenvalue weighted by Gasteiger charge is 2.17. The van der Waals surface area contributed by atoms with Crippen LogP contribution in [-0.4, -0.2) is 9.55 Å². The predicted octanol–water partition coefficient (Wildman–Crippen LogP) is 3.80. The number of halogens is 1. The minimum absolute atomic E-state index is 0.247. The third-order valence-electron chi connectivity index (χ3n) is 3.11. The van der Waals surface area contributed by atoms with Crippen molar-refractivity contribution in [2.75, 3.05) is 5.73 Å². The minimum Gasteiger partial charge on any atom is -0.383 e. The van der Waals surface area contributed by atoms with Crippen molar-refractivity contribution in [3.63, 3.8) is 0 Å². The van der Waals surface area contributed by atoms with Crippen LogP contribution in [0.4, 0.5) is 10.2 Å². The maximum atomic E-state index is 13.3. The van der Waals surface area contributed by atoms with E-state index in [0.717, 1.165) is 24.2 Å². The molecule has 2 N–H and O–H groups in total. The van der Waals surface area contributed by atoms with Gasteiger partial charge in [-0.2, -0.15) is 0 Å². The van der Waals surface area contributed by atoms with E-state index in [1.54, 1.807) is 6.07 Å². The molecule has 0 bridgehead atoms. The summed E-state index contributed by atoms with van der Waals surface area (Å²) in [6, 6.07) is 6.65. The van der Waals surface area contributed by atoms with Crippen molar-refractivity contribution in [1.82, 2.24) is 9.55 Å². The van der Waals surface area contributed by atoms with Gasteiger partial charge in [0, 0.05) is 18.0 Å². The number of nitrogens with zero attached hydrogens (tertiary/aromatic N) is 2. The Hall–Kier alpha value is -1.84. The third-order valence-corrected chi connectivity index (χ3v) is 3.11. The first-order chi connectivity index (χ1) is 9.04. The Kier molecular flexibility index (Phi) is 3.88. The highest BCUT2D eigenvalue weighted by Crippen LogP contribution is 2.29. The van der Waals surface area contributed by atoms with E-state index in [1.807, 2.05) is 10.6 Å². The Labute approximate surface area is 113 Å². The SMILES string of the molecule is CCCc1nc(-c2cccc(F)c2)c(N)n1C(C)C. The van der Waals surface area contributed by atoms with E-state index in [0.29, 0.717) is 11.5 Å². The normalized spacial score (nSPS) is 11.2. The van der Waals surface area contributed by atoms with Gasteiger partial charge in [-0.25, -0.2) is 9.37 Å². The molecule has 0 spiro atoms. The molecule has 0 radical (unpaired) electrons. The number of aromatic nitrogens is 2. The van der Waals surface area contributed by atoms with Crippen molar-refractivity contribution in [3.05, 3.63) is 35.9 Å². The van der Waals surface area contributed by atoms with E-state index in [2.05, 4.69) is 25.8 Å². The summed E-state index contributed by atoms with van der Waals surface area (Å²) in [5.41, 5.74) is 7.60. The van der Waals surface area contributed by atoms with Crippen LogP contribution in [0, 0.1) is 5.82 Å². The molecule has 4 heteroatoms.